The maximum atomic E-state index is 11.3. The van der Waals surface area contributed by atoms with Crippen molar-refractivity contribution in [3.05, 3.63) is 21.7 Å². The number of fused-ring (bicyclic) bond motifs is 1. The molecule has 0 fully saturated rings. The Labute approximate surface area is 90.1 Å². The zero-order chi connectivity index (χ0) is 10.3. The van der Waals surface area contributed by atoms with E-state index in [2.05, 4.69) is 15.9 Å². The summed E-state index contributed by atoms with van der Waals surface area (Å²) in [5, 5.41) is 0. The van der Waals surface area contributed by atoms with Gasteiger partial charge in [-0.05, 0) is 41.4 Å². The molecule has 1 aromatic carbocycles. The topological polar surface area (TPSA) is 35.5 Å². The first kappa shape index (κ1) is 9.52. The minimum atomic E-state index is 0.0292. The Hall–Kier alpha value is -1.03. The lowest BCUT2D eigenvalue weighted by molar-refractivity contribution is 0.101. The number of benzene rings is 1. The highest BCUT2D eigenvalue weighted by Gasteiger charge is 2.22. The highest BCUT2D eigenvalue weighted by atomic mass is 79.9. The third kappa shape index (κ3) is 1.30. The van der Waals surface area contributed by atoms with Crippen molar-refractivity contribution in [2.75, 3.05) is 6.79 Å². The van der Waals surface area contributed by atoms with E-state index in [-0.39, 0.29) is 12.6 Å². The minimum absolute atomic E-state index is 0.0292. The van der Waals surface area contributed by atoms with Crippen LogP contribution in [0.25, 0.3) is 0 Å². The molecule has 4 heteroatoms. The predicted molar refractivity (Wildman–Crippen MR) is 55.0 cm³/mol. The summed E-state index contributed by atoms with van der Waals surface area (Å²) in [5.74, 6) is 1.35. The van der Waals surface area contributed by atoms with Gasteiger partial charge < -0.3 is 9.47 Å². The summed E-state index contributed by atoms with van der Waals surface area (Å²) >= 11 is 3.39. The summed E-state index contributed by atoms with van der Waals surface area (Å²) in [6, 6.07) is 1.73. The third-order valence-electron chi connectivity index (χ3n) is 2.23. The molecule has 0 aliphatic carbocycles. The SMILES string of the molecule is CC(=O)c1cc2c(c(Br)c1C)OCO2. The molecule has 14 heavy (non-hydrogen) atoms. The Bertz CT molecular complexity index is 412. The molecule has 1 aromatic rings. The van der Waals surface area contributed by atoms with E-state index >= 15 is 0 Å². The molecule has 1 aliphatic heterocycles. The predicted octanol–water partition coefficient (Wildman–Crippen LogP) is 2.69. The number of carbonyl (C=O) groups excluding carboxylic acids is 1. The van der Waals surface area contributed by atoms with Crippen LogP contribution >= 0.6 is 15.9 Å². The highest BCUT2D eigenvalue weighted by molar-refractivity contribution is 9.10. The summed E-state index contributed by atoms with van der Waals surface area (Å²) < 4.78 is 11.3. The van der Waals surface area contributed by atoms with Gasteiger partial charge in [0.05, 0.1) is 4.47 Å². The summed E-state index contributed by atoms with van der Waals surface area (Å²) in [4.78, 5) is 11.3. The Balaban J connectivity index is 2.67. The monoisotopic (exact) mass is 256 g/mol. The average Bonchev–Trinajstić information content (AvgIpc) is 2.58. The van der Waals surface area contributed by atoms with Crippen molar-refractivity contribution >= 4 is 21.7 Å². The van der Waals surface area contributed by atoms with Crippen LogP contribution in [0, 0.1) is 6.92 Å². The largest absolute Gasteiger partial charge is 0.454 e. The lowest BCUT2D eigenvalue weighted by Crippen LogP contribution is -1.97. The van der Waals surface area contributed by atoms with Crippen LogP contribution in [0.5, 0.6) is 11.5 Å². The second-order valence-electron chi connectivity index (χ2n) is 3.15. The molecule has 0 bridgehead atoms. The van der Waals surface area contributed by atoms with Gasteiger partial charge in [-0.2, -0.15) is 0 Å². The zero-order valence-electron chi connectivity index (χ0n) is 7.89. The smallest absolute Gasteiger partial charge is 0.231 e. The molecular formula is C10H9BrO3. The van der Waals surface area contributed by atoms with Crippen molar-refractivity contribution in [1.29, 1.82) is 0 Å². The van der Waals surface area contributed by atoms with Crippen LogP contribution in [-0.2, 0) is 0 Å². The first-order valence-electron chi connectivity index (χ1n) is 4.21. The molecule has 0 spiro atoms. The molecule has 0 aromatic heterocycles. The number of hydrogen-bond donors (Lipinski definition) is 0. The maximum Gasteiger partial charge on any atom is 0.231 e. The van der Waals surface area contributed by atoms with Crippen molar-refractivity contribution in [3.8, 4) is 11.5 Å². The summed E-state index contributed by atoms with van der Waals surface area (Å²) in [6.07, 6.45) is 0. The lowest BCUT2D eigenvalue weighted by Gasteiger charge is -2.07. The third-order valence-corrected chi connectivity index (χ3v) is 3.18. The van der Waals surface area contributed by atoms with Crippen molar-refractivity contribution in [1.82, 2.24) is 0 Å². The van der Waals surface area contributed by atoms with Crippen molar-refractivity contribution in [3.63, 3.8) is 0 Å². The molecule has 0 radical (unpaired) electrons. The van der Waals surface area contributed by atoms with Crippen LogP contribution in [0.2, 0.25) is 0 Å². The van der Waals surface area contributed by atoms with E-state index in [0.29, 0.717) is 17.1 Å². The van der Waals surface area contributed by atoms with E-state index in [9.17, 15) is 4.79 Å². The van der Waals surface area contributed by atoms with Gasteiger partial charge >= 0.3 is 0 Å². The van der Waals surface area contributed by atoms with Crippen molar-refractivity contribution in [2.45, 2.75) is 13.8 Å². The molecule has 1 heterocycles. The Morgan fingerprint density at radius 1 is 1.50 bits per heavy atom. The summed E-state index contributed by atoms with van der Waals surface area (Å²) in [6.45, 7) is 3.63. The van der Waals surface area contributed by atoms with Gasteiger partial charge in [-0.15, -0.1) is 0 Å². The first-order valence-corrected chi connectivity index (χ1v) is 5.00. The van der Waals surface area contributed by atoms with Gasteiger partial charge in [0, 0.05) is 5.56 Å². The van der Waals surface area contributed by atoms with Crippen LogP contribution in [-0.4, -0.2) is 12.6 Å². The van der Waals surface area contributed by atoms with Gasteiger partial charge in [0.2, 0.25) is 6.79 Å². The van der Waals surface area contributed by atoms with Gasteiger partial charge in [0.1, 0.15) is 0 Å². The Morgan fingerprint density at radius 3 is 2.86 bits per heavy atom. The molecule has 0 amide bonds. The number of ketones is 1. The molecule has 0 saturated heterocycles. The zero-order valence-corrected chi connectivity index (χ0v) is 9.47. The van der Waals surface area contributed by atoms with Gasteiger partial charge in [-0.3, -0.25) is 4.79 Å². The number of rotatable bonds is 1. The van der Waals surface area contributed by atoms with E-state index in [0.717, 1.165) is 10.0 Å². The molecule has 3 nitrogen and oxygen atoms in total. The Kier molecular flexibility index (Phi) is 2.23. The van der Waals surface area contributed by atoms with E-state index in [1.165, 1.54) is 6.92 Å². The Morgan fingerprint density at radius 2 is 2.21 bits per heavy atom. The minimum Gasteiger partial charge on any atom is -0.454 e. The van der Waals surface area contributed by atoms with Crippen LogP contribution in [0.1, 0.15) is 22.8 Å². The molecule has 0 N–H and O–H groups in total. The second kappa shape index (κ2) is 3.28. The fourth-order valence-electron chi connectivity index (χ4n) is 1.46. The van der Waals surface area contributed by atoms with Gasteiger partial charge in [-0.25, -0.2) is 0 Å². The molecule has 2 rings (SSSR count). The van der Waals surface area contributed by atoms with Crippen LogP contribution in [0.4, 0.5) is 0 Å². The van der Waals surface area contributed by atoms with E-state index < -0.39 is 0 Å². The second-order valence-corrected chi connectivity index (χ2v) is 3.95. The first-order chi connectivity index (χ1) is 6.61. The number of Topliss-reactive ketones (excluding diaryl/α,β-unsaturated/α-hetero) is 1. The molecule has 1 aliphatic rings. The molecule has 0 unspecified atom stereocenters. The highest BCUT2D eigenvalue weighted by Crippen LogP contribution is 2.42. The lowest BCUT2D eigenvalue weighted by atomic mass is 10.0. The van der Waals surface area contributed by atoms with Crippen molar-refractivity contribution < 1.29 is 14.3 Å². The standard InChI is InChI=1S/C10H9BrO3/c1-5-7(6(2)12)3-8-10(9(5)11)14-4-13-8/h3H,4H2,1-2H3. The number of carbonyl (C=O) groups is 1. The van der Waals surface area contributed by atoms with Crippen molar-refractivity contribution in [2.24, 2.45) is 0 Å². The summed E-state index contributed by atoms with van der Waals surface area (Å²) in [7, 11) is 0. The van der Waals surface area contributed by atoms with Crippen LogP contribution in [0.15, 0.2) is 10.5 Å². The molecule has 0 atom stereocenters. The number of halogens is 1. The number of hydrogen-bond acceptors (Lipinski definition) is 3. The fourth-order valence-corrected chi connectivity index (χ4v) is 1.98. The van der Waals surface area contributed by atoms with Gasteiger partial charge in [0.15, 0.2) is 17.3 Å². The quantitative estimate of drug-likeness (QED) is 0.725. The maximum absolute atomic E-state index is 11.3. The molecule has 74 valence electrons. The fraction of sp³-hybridized carbons (Fsp3) is 0.300. The molecule has 0 saturated carbocycles. The number of ether oxygens (including phenoxy) is 2. The normalized spacial score (nSPS) is 13.1. The molecular weight excluding hydrogens is 248 g/mol. The summed E-state index contributed by atoms with van der Waals surface area (Å²) in [5.41, 5.74) is 1.56. The average molecular weight is 257 g/mol. The van der Waals surface area contributed by atoms with Gasteiger partial charge in [0.25, 0.3) is 0 Å². The van der Waals surface area contributed by atoms with Crippen LogP contribution < -0.4 is 9.47 Å². The van der Waals surface area contributed by atoms with E-state index in [1.807, 2.05) is 6.92 Å². The van der Waals surface area contributed by atoms with Gasteiger partial charge in [-0.1, -0.05) is 0 Å². The van der Waals surface area contributed by atoms with Crippen LogP contribution in [0.3, 0.4) is 0 Å². The van der Waals surface area contributed by atoms with E-state index in [4.69, 9.17) is 9.47 Å². The van der Waals surface area contributed by atoms with E-state index in [1.54, 1.807) is 6.07 Å².